The van der Waals surface area contributed by atoms with Gasteiger partial charge in [-0.15, -0.1) is 0 Å². The van der Waals surface area contributed by atoms with Gasteiger partial charge in [-0.2, -0.15) is 0 Å². The third kappa shape index (κ3) is 2.41. The van der Waals surface area contributed by atoms with Crippen LogP contribution in [0.1, 0.15) is 12.8 Å². The first-order valence-corrected chi connectivity index (χ1v) is 5.13. The van der Waals surface area contributed by atoms with Gasteiger partial charge in [0.15, 0.2) is 5.82 Å². The molecule has 0 amide bonds. The molecule has 4 nitrogen and oxygen atoms in total. The largest absolute Gasteiger partial charge is 0.396 e. The van der Waals surface area contributed by atoms with Gasteiger partial charge in [0.25, 0.3) is 0 Å². The Morgan fingerprint density at radius 3 is 2.87 bits per heavy atom. The maximum absolute atomic E-state index is 12.6. The molecule has 2 heterocycles. The molecule has 1 atom stereocenters. The first-order valence-electron chi connectivity index (χ1n) is 5.13. The normalized spacial score (nSPS) is 21.7. The zero-order valence-corrected chi connectivity index (χ0v) is 8.43. The number of anilines is 1. The van der Waals surface area contributed by atoms with Crippen LogP contribution in [-0.2, 0) is 0 Å². The van der Waals surface area contributed by atoms with E-state index >= 15 is 0 Å². The first-order chi connectivity index (χ1) is 7.29. The molecule has 1 fully saturated rings. The zero-order valence-electron chi connectivity index (χ0n) is 8.43. The van der Waals surface area contributed by atoms with Crippen molar-refractivity contribution in [1.29, 1.82) is 0 Å². The summed E-state index contributed by atoms with van der Waals surface area (Å²) >= 11 is 0. The number of rotatable bonds is 2. The van der Waals surface area contributed by atoms with Crippen molar-refractivity contribution in [2.75, 3.05) is 24.6 Å². The molecule has 1 saturated heterocycles. The number of hydrogen-bond acceptors (Lipinski definition) is 4. The Labute approximate surface area is 87.8 Å². The van der Waals surface area contributed by atoms with Crippen molar-refractivity contribution < 1.29 is 9.50 Å². The molecule has 0 saturated carbocycles. The van der Waals surface area contributed by atoms with E-state index in [2.05, 4.69) is 9.97 Å². The van der Waals surface area contributed by atoms with Crippen molar-refractivity contribution in [3.8, 4) is 0 Å². The lowest BCUT2D eigenvalue weighted by atomic mass is 9.99. The van der Waals surface area contributed by atoms with Crippen LogP contribution in [0.25, 0.3) is 0 Å². The van der Waals surface area contributed by atoms with Crippen molar-refractivity contribution in [2.24, 2.45) is 5.92 Å². The van der Waals surface area contributed by atoms with E-state index in [1.54, 1.807) is 0 Å². The van der Waals surface area contributed by atoms with E-state index in [1.807, 2.05) is 4.90 Å². The number of aliphatic hydroxyl groups excluding tert-OH is 1. The Morgan fingerprint density at radius 1 is 1.47 bits per heavy atom. The zero-order chi connectivity index (χ0) is 10.7. The lowest BCUT2D eigenvalue weighted by Crippen LogP contribution is -2.37. The van der Waals surface area contributed by atoms with Gasteiger partial charge in [0.05, 0.1) is 12.4 Å². The highest BCUT2D eigenvalue weighted by molar-refractivity contribution is 5.29. The Hall–Kier alpha value is -1.23. The van der Waals surface area contributed by atoms with E-state index < -0.39 is 5.82 Å². The van der Waals surface area contributed by atoms with E-state index in [0.29, 0.717) is 5.95 Å². The van der Waals surface area contributed by atoms with Crippen LogP contribution >= 0.6 is 0 Å². The lowest BCUT2D eigenvalue weighted by Gasteiger charge is -2.31. The van der Waals surface area contributed by atoms with Gasteiger partial charge < -0.3 is 10.0 Å². The van der Waals surface area contributed by atoms with Gasteiger partial charge in [-0.3, -0.25) is 0 Å². The molecule has 0 bridgehead atoms. The summed E-state index contributed by atoms with van der Waals surface area (Å²) < 4.78 is 12.6. The van der Waals surface area contributed by atoms with Gasteiger partial charge in [-0.1, -0.05) is 0 Å². The van der Waals surface area contributed by atoms with Crippen molar-refractivity contribution in [2.45, 2.75) is 12.8 Å². The number of piperidine rings is 1. The van der Waals surface area contributed by atoms with E-state index in [0.717, 1.165) is 25.9 Å². The number of halogens is 1. The van der Waals surface area contributed by atoms with Crippen LogP contribution in [0, 0.1) is 11.7 Å². The van der Waals surface area contributed by atoms with Crippen LogP contribution in [0.3, 0.4) is 0 Å². The highest BCUT2D eigenvalue weighted by atomic mass is 19.1. The minimum absolute atomic E-state index is 0.192. The molecule has 1 aromatic heterocycles. The Bertz CT molecular complexity index is 317. The maximum atomic E-state index is 12.6. The molecule has 5 heteroatoms. The number of nitrogens with zero attached hydrogens (tertiary/aromatic N) is 3. The summed E-state index contributed by atoms with van der Waals surface area (Å²) in [6, 6.07) is 0. The van der Waals surface area contributed by atoms with Gasteiger partial charge in [-0.25, -0.2) is 14.4 Å². The highest BCUT2D eigenvalue weighted by Crippen LogP contribution is 2.19. The van der Waals surface area contributed by atoms with Crippen LogP contribution in [0.2, 0.25) is 0 Å². The van der Waals surface area contributed by atoms with Crippen LogP contribution in [0.15, 0.2) is 12.4 Å². The van der Waals surface area contributed by atoms with Gasteiger partial charge >= 0.3 is 0 Å². The van der Waals surface area contributed by atoms with E-state index in [9.17, 15) is 4.39 Å². The number of hydrogen-bond donors (Lipinski definition) is 1. The third-order valence-electron chi connectivity index (χ3n) is 2.67. The van der Waals surface area contributed by atoms with Crippen molar-refractivity contribution in [3.05, 3.63) is 18.2 Å². The number of aliphatic hydroxyl groups is 1. The SMILES string of the molecule is OCC1CCCN(c2ncc(F)cn2)C1. The second-order valence-electron chi connectivity index (χ2n) is 3.84. The van der Waals surface area contributed by atoms with Crippen molar-refractivity contribution in [3.63, 3.8) is 0 Å². The summed E-state index contributed by atoms with van der Waals surface area (Å²) in [5.74, 6) is 0.413. The summed E-state index contributed by atoms with van der Waals surface area (Å²) in [6.07, 6.45) is 4.40. The molecule has 0 radical (unpaired) electrons. The van der Waals surface area contributed by atoms with E-state index in [4.69, 9.17) is 5.11 Å². The summed E-state index contributed by atoms with van der Waals surface area (Å²) in [5, 5.41) is 9.07. The molecule has 1 N–H and O–H groups in total. The molecule has 1 unspecified atom stereocenters. The first kappa shape index (κ1) is 10.3. The smallest absolute Gasteiger partial charge is 0.225 e. The fourth-order valence-electron chi connectivity index (χ4n) is 1.86. The highest BCUT2D eigenvalue weighted by Gasteiger charge is 2.20. The van der Waals surface area contributed by atoms with Gasteiger partial charge in [-0.05, 0) is 18.8 Å². The fourth-order valence-corrected chi connectivity index (χ4v) is 1.86. The molecular weight excluding hydrogens is 197 g/mol. The third-order valence-corrected chi connectivity index (χ3v) is 2.67. The monoisotopic (exact) mass is 211 g/mol. The van der Waals surface area contributed by atoms with Crippen LogP contribution < -0.4 is 4.90 Å². The number of aromatic nitrogens is 2. The molecule has 0 aromatic carbocycles. The van der Waals surface area contributed by atoms with Crippen molar-refractivity contribution >= 4 is 5.95 Å². The van der Waals surface area contributed by atoms with Crippen LogP contribution in [-0.4, -0.2) is 34.8 Å². The molecule has 82 valence electrons. The predicted molar refractivity (Wildman–Crippen MR) is 54.0 cm³/mol. The summed E-state index contributed by atoms with van der Waals surface area (Å²) in [6.45, 7) is 1.82. The second kappa shape index (κ2) is 4.53. The molecule has 1 aliphatic rings. The van der Waals surface area contributed by atoms with E-state index in [-0.39, 0.29) is 12.5 Å². The average Bonchev–Trinajstić information content (AvgIpc) is 2.30. The quantitative estimate of drug-likeness (QED) is 0.787. The van der Waals surface area contributed by atoms with Crippen molar-refractivity contribution in [1.82, 2.24) is 9.97 Å². The Kier molecular flexibility index (Phi) is 3.11. The molecule has 0 spiro atoms. The standard InChI is InChI=1S/C10H14FN3O/c11-9-4-12-10(13-5-9)14-3-1-2-8(6-14)7-15/h4-5,8,15H,1-3,6-7H2. The topological polar surface area (TPSA) is 49.2 Å². The summed E-state index contributed by atoms with van der Waals surface area (Å²) in [7, 11) is 0. The minimum Gasteiger partial charge on any atom is -0.396 e. The lowest BCUT2D eigenvalue weighted by molar-refractivity contribution is 0.208. The van der Waals surface area contributed by atoms with E-state index in [1.165, 1.54) is 12.4 Å². The minimum atomic E-state index is -0.422. The molecule has 1 aliphatic heterocycles. The second-order valence-corrected chi connectivity index (χ2v) is 3.84. The Morgan fingerprint density at radius 2 is 2.20 bits per heavy atom. The predicted octanol–water partition coefficient (Wildman–Crippen LogP) is 0.824. The summed E-state index contributed by atoms with van der Waals surface area (Å²) in [5.41, 5.74) is 0. The van der Waals surface area contributed by atoms with Gasteiger partial charge in [0.1, 0.15) is 0 Å². The molecule has 1 aromatic rings. The van der Waals surface area contributed by atoms with Gasteiger partial charge in [0.2, 0.25) is 5.95 Å². The Balaban J connectivity index is 2.06. The maximum Gasteiger partial charge on any atom is 0.225 e. The summed E-state index contributed by atoms with van der Waals surface area (Å²) in [4.78, 5) is 9.85. The van der Waals surface area contributed by atoms with Crippen LogP contribution in [0.4, 0.5) is 10.3 Å². The molecular formula is C10H14FN3O. The van der Waals surface area contributed by atoms with Gasteiger partial charge in [0, 0.05) is 19.7 Å². The molecule has 2 rings (SSSR count). The molecule has 0 aliphatic carbocycles. The fraction of sp³-hybridized carbons (Fsp3) is 0.600. The average molecular weight is 211 g/mol. The molecule has 15 heavy (non-hydrogen) atoms. The van der Waals surface area contributed by atoms with Crippen LogP contribution in [0.5, 0.6) is 0 Å².